The number of nitrogens with zero attached hydrogens (tertiary/aromatic N) is 1. The van der Waals surface area contributed by atoms with Crippen LogP contribution >= 0.6 is 0 Å². The molecule has 0 aromatic rings. The number of piperidine rings is 1. The Labute approximate surface area is 102 Å². The van der Waals surface area contributed by atoms with Gasteiger partial charge in [0.1, 0.15) is 6.10 Å². The Morgan fingerprint density at radius 3 is 2.71 bits per heavy atom. The maximum absolute atomic E-state index is 12.1. The molecule has 0 spiro atoms. The summed E-state index contributed by atoms with van der Waals surface area (Å²) < 4.78 is 5.26. The molecule has 0 aromatic carbocycles. The van der Waals surface area contributed by atoms with Crippen molar-refractivity contribution in [2.75, 3.05) is 13.2 Å². The van der Waals surface area contributed by atoms with Gasteiger partial charge in [-0.15, -0.1) is 0 Å². The van der Waals surface area contributed by atoms with Gasteiger partial charge in [0.15, 0.2) is 0 Å². The van der Waals surface area contributed by atoms with Crippen LogP contribution < -0.4 is 0 Å². The van der Waals surface area contributed by atoms with Crippen LogP contribution in [-0.4, -0.2) is 47.2 Å². The van der Waals surface area contributed by atoms with Crippen molar-refractivity contribution >= 4 is 11.9 Å². The number of carbonyl (C=O) groups is 2. The van der Waals surface area contributed by atoms with Gasteiger partial charge in [-0.05, 0) is 33.6 Å². The highest BCUT2D eigenvalue weighted by Gasteiger charge is 2.36. The Bertz CT molecular complexity index is 292. The standard InChI is InChI=1S/C12H21NO4/c1-4-17-9(3)11(14)13-7-5-6-10(8(13)2)12(15)16/h8-10H,4-7H2,1-3H3,(H,15,16)/t8-,9?,10-/m0/s1. The molecular formula is C12H21NO4. The van der Waals surface area contributed by atoms with E-state index in [4.69, 9.17) is 9.84 Å². The third-order valence-corrected chi connectivity index (χ3v) is 3.35. The van der Waals surface area contributed by atoms with E-state index in [0.29, 0.717) is 19.6 Å². The van der Waals surface area contributed by atoms with Gasteiger partial charge in [-0.1, -0.05) is 0 Å². The number of hydrogen-bond donors (Lipinski definition) is 1. The van der Waals surface area contributed by atoms with Gasteiger partial charge < -0.3 is 14.7 Å². The third-order valence-electron chi connectivity index (χ3n) is 3.35. The zero-order valence-electron chi connectivity index (χ0n) is 10.7. The SMILES string of the molecule is CCOC(C)C(=O)N1CCC[C@H](C(=O)O)[C@@H]1C. The average Bonchev–Trinajstić information content (AvgIpc) is 2.28. The van der Waals surface area contributed by atoms with Gasteiger partial charge in [-0.25, -0.2) is 0 Å². The summed E-state index contributed by atoms with van der Waals surface area (Å²) in [5, 5.41) is 9.08. The fourth-order valence-corrected chi connectivity index (χ4v) is 2.34. The fourth-order valence-electron chi connectivity index (χ4n) is 2.34. The third kappa shape index (κ3) is 3.19. The molecule has 5 heteroatoms. The molecule has 0 aromatic heterocycles. The molecule has 0 bridgehead atoms. The van der Waals surface area contributed by atoms with E-state index < -0.39 is 18.0 Å². The maximum Gasteiger partial charge on any atom is 0.308 e. The molecule has 1 aliphatic heterocycles. The first-order valence-corrected chi connectivity index (χ1v) is 6.14. The molecule has 1 rings (SSSR count). The Hall–Kier alpha value is -1.10. The number of ether oxygens (including phenoxy) is 1. The second-order valence-corrected chi connectivity index (χ2v) is 4.46. The molecule has 1 aliphatic rings. The number of rotatable bonds is 4. The highest BCUT2D eigenvalue weighted by Crippen LogP contribution is 2.24. The highest BCUT2D eigenvalue weighted by molar-refractivity contribution is 5.82. The Balaban J connectivity index is 2.69. The van der Waals surface area contributed by atoms with E-state index in [2.05, 4.69) is 0 Å². The van der Waals surface area contributed by atoms with Crippen LogP contribution in [0.2, 0.25) is 0 Å². The van der Waals surface area contributed by atoms with Crippen LogP contribution in [0.25, 0.3) is 0 Å². The van der Waals surface area contributed by atoms with Crippen LogP contribution in [0.15, 0.2) is 0 Å². The summed E-state index contributed by atoms with van der Waals surface area (Å²) in [6.45, 7) is 6.46. The molecule has 5 nitrogen and oxygen atoms in total. The van der Waals surface area contributed by atoms with E-state index in [0.717, 1.165) is 6.42 Å². The second-order valence-electron chi connectivity index (χ2n) is 4.46. The number of carboxylic acids is 1. The van der Waals surface area contributed by atoms with Gasteiger partial charge in [0.2, 0.25) is 0 Å². The minimum absolute atomic E-state index is 0.106. The molecule has 0 radical (unpaired) electrons. The molecule has 98 valence electrons. The first kappa shape index (κ1) is 14.0. The van der Waals surface area contributed by atoms with Crippen molar-refractivity contribution in [1.82, 2.24) is 4.90 Å². The van der Waals surface area contributed by atoms with Crippen LogP contribution in [0.1, 0.15) is 33.6 Å². The topological polar surface area (TPSA) is 66.8 Å². The maximum atomic E-state index is 12.1. The lowest BCUT2D eigenvalue weighted by Gasteiger charge is -2.38. The van der Waals surface area contributed by atoms with Gasteiger partial charge >= 0.3 is 5.97 Å². The number of hydrogen-bond acceptors (Lipinski definition) is 3. The summed E-state index contributed by atoms with van der Waals surface area (Å²) in [4.78, 5) is 24.8. The van der Waals surface area contributed by atoms with Gasteiger partial charge in [0.25, 0.3) is 5.91 Å². The average molecular weight is 243 g/mol. The van der Waals surface area contributed by atoms with Crippen molar-refractivity contribution in [3.05, 3.63) is 0 Å². The summed E-state index contributed by atoms with van der Waals surface area (Å²) in [6.07, 6.45) is 0.893. The fraction of sp³-hybridized carbons (Fsp3) is 0.833. The molecule has 0 saturated carbocycles. The van der Waals surface area contributed by atoms with E-state index in [9.17, 15) is 9.59 Å². The van der Waals surface area contributed by atoms with Crippen molar-refractivity contribution in [3.63, 3.8) is 0 Å². The van der Waals surface area contributed by atoms with Gasteiger partial charge in [-0.2, -0.15) is 0 Å². The largest absolute Gasteiger partial charge is 0.481 e. The molecule has 0 aliphatic carbocycles. The summed E-state index contributed by atoms with van der Waals surface area (Å²) >= 11 is 0. The number of amides is 1. The zero-order chi connectivity index (χ0) is 13.0. The Morgan fingerprint density at radius 1 is 1.53 bits per heavy atom. The molecular weight excluding hydrogens is 222 g/mol. The van der Waals surface area contributed by atoms with Crippen LogP contribution in [0.5, 0.6) is 0 Å². The van der Waals surface area contributed by atoms with E-state index in [-0.39, 0.29) is 11.9 Å². The van der Waals surface area contributed by atoms with Crippen molar-refractivity contribution in [3.8, 4) is 0 Å². The first-order chi connectivity index (χ1) is 7.99. The molecule has 1 heterocycles. The zero-order valence-corrected chi connectivity index (χ0v) is 10.7. The second kappa shape index (κ2) is 6.00. The Kier molecular flexibility index (Phi) is 4.93. The predicted octanol–water partition coefficient (Wildman–Crippen LogP) is 1.12. The molecule has 1 amide bonds. The summed E-state index contributed by atoms with van der Waals surface area (Å²) in [5.74, 6) is -1.38. The van der Waals surface area contributed by atoms with Crippen LogP contribution in [0.4, 0.5) is 0 Å². The lowest BCUT2D eigenvalue weighted by molar-refractivity contribution is -0.153. The molecule has 1 fully saturated rings. The lowest BCUT2D eigenvalue weighted by Crippen LogP contribution is -2.52. The van der Waals surface area contributed by atoms with Gasteiger partial charge in [-0.3, -0.25) is 9.59 Å². The summed E-state index contributed by atoms with van der Waals surface area (Å²) in [6, 6.07) is -0.253. The first-order valence-electron chi connectivity index (χ1n) is 6.14. The van der Waals surface area contributed by atoms with Gasteiger partial charge in [0, 0.05) is 19.2 Å². The van der Waals surface area contributed by atoms with Gasteiger partial charge in [0.05, 0.1) is 5.92 Å². The van der Waals surface area contributed by atoms with E-state index in [1.54, 1.807) is 18.7 Å². The number of aliphatic carboxylic acids is 1. The lowest BCUT2D eigenvalue weighted by atomic mass is 9.90. The van der Waals surface area contributed by atoms with Crippen molar-refractivity contribution in [2.45, 2.75) is 45.8 Å². The molecule has 1 saturated heterocycles. The minimum Gasteiger partial charge on any atom is -0.481 e. The Morgan fingerprint density at radius 2 is 2.18 bits per heavy atom. The summed E-state index contributed by atoms with van der Waals surface area (Å²) in [5.41, 5.74) is 0. The quantitative estimate of drug-likeness (QED) is 0.803. The number of likely N-dealkylation sites (tertiary alicyclic amines) is 1. The van der Waals surface area contributed by atoms with Crippen LogP contribution in [0, 0.1) is 5.92 Å². The van der Waals surface area contributed by atoms with E-state index in [1.165, 1.54) is 0 Å². The molecule has 17 heavy (non-hydrogen) atoms. The molecule has 1 unspecified atom stereocenters. The molecule has 3 atom stereocenters. The van der Waals surface area contributed by atoms with Crippen molar-refractivity contribution in [1.29, 1.82) is 0 Å². The van der Waals surface area contributed by atoms with Crippen molar-refractivity contribution in [2.24, 2.45) is 5.92 Å². The predicted molar refractivity (Wildman–Crippen MR) is 62.6 cm³/mol. The van der Waals surface area contributed by atoms with Crippen LogP contribution in [0.3, 0.4) is 0 Å². The van der Waals surface area contributed by atoms with E-state index in [1.807, 2.05) is 6.92 Å². The smallest absolute Gasteiger partial charge is 0.308 e. The molecule has 1 N–H and O–H groups in total. The number of carboxylic acid groups (broad SMARTS) is 1. The highest BCUT2D eigenvalue weighted by atomic mass is 16.5. The summed E-state index contributed by atoms with van der Waals surface area (Å²) in [7, 11) is 0. The van der Waals surface area contributed by atoms with Crippen molar-refractivity contribution < 1.29 is 19.4 Å². The van der Waals surface area contributed by atoms with Crippen LogP contribution in [-0.2, 0) is 14.3 Å². The number of carbonyl (C=O) groups excluding carboxylic acids is 1. The monoisotopic (exact) mass is 243 g/mol. The normalized spacial score (nSPS) is 26.6. The minimum atomic E-state index is -0.820. The van der Waals surface area contributed by atoms with E-state index >= 15 is 0 Å².